The summed E-state index contributed by atoms with van der Waals surface area (Å²) in [6.07, 6.45) is 1.33. The van der Waals surface area contributed by atoms with Crippen molar-refractivity contribution in [3.05, 3.63) is 64.8 Å². The van der Waals surface area contributed by atoms with Gasteiger partial charge in [-0.3, -0.25) is 4.79 Å². The third-order valence-electron chi connectivity index (χ3n) is 2.68. The number of halogens is 1. The number of amides is 1. The van der Waals surface area contributed by atoms with Crippen LogP contribution in [0.5, 0.6) is 5.75 Å². The molecule has 0 radical (unpaired) electrons. The quantitative estimate of drug-likeness (QED) is 0.576. The maximum atomic E-state index is 12.0. The van der Waals surface area contributed by atoms with Crippen molar-refractivity contribution in [2.75, 3.05) is 10.6 Å². The summed E-state index contributed by atoms with van der Waals surface area (Å²) in [5.41, 5.74) is 1.07. The average molecular weight is 358 g/mol. The van der Waals surface area contributed by atoms with Crippen LogP contribution in [0.3, 0.4) is 0 Å². The zero-order valence-electron chi connectivity index (χ0n) is 11.4. The van der Waals surface area contributed by atoms with E-state index in [1.165, 1.54) is 18.3 Å². The number of hydrogen-bond acceptors (Lipinski definition) is 4. The Hall–Kier alpha value is -2.78. The van der Waals surface area contributed by atoms with Crippen LogP contribution in [0.4, 0.5) is 11.4 Å². The summed E-state index contributed by atoms with van der Waals surface area (Å²) in [4.78, 5) is 12.0. The third kappa shape index (κ3) is 4.36. The summed E-state index contributed by atoms with van der Waals surface area (Å²) >= 11 is 3.34. The Morgan fingerprint density at radius 1 is 1.18 bits per heavy atom. The van der Waals surface area contributed by atoms with Gasteiger partial charge in [0, 0.05) is 28.1 Å². The zero-order valence-corrected chi connectivity index (χ0v) is 13.0. The molecule has 3 N–H and O–H groups in total. The number of anilines is 2. The van der Waals surface area contributed by atoms with E-state index in [2.05, 4.69) is 26.6 Å². The molecule has 6 heteroatoms. The summed E-state index contributed by atoms with van der Waals surface area (Å²) in [5, 5.41) is 23.9. The highest BCUT2D eigenvalue weighted by molar-refractivity contribution is 9.10. The zero-order chi connectivity index (χ0) is 15.9. The number of nitrogens with zero attached hydrogens (tertiary/aromatic N) is 1. The van der Waals surface area contributed by atoms with Crippen LogP contribution in [0.2, 0.25) is 0 Å². The van der Waals surface area contributed by atoms with Gasteiger partial charge < -0.3 is 15.7 Å². The second kappa shape index (κ2) is 7.29. The van der Waals surface area contributed by atoms with Gasteiger partial charge in [0.15, 0.2) is 0 Å². The molecule has 0 saturated heterocycles. The van der Waals surface area contributed by atoms with Gasteiger partial charge in [-0.25, -0.2) is 0 Å². The van der Waals surface area contributed by atoms with Crippen molar-refractivity contribution in [3.63, 3.8) is 0 Å². The number of rotatable bonds is 4. The van der Waals surface area contributed by atoms with Gasteiger partial charge in [0.25, 0.3) is 5.91 Å². The van der Waals surface area contributed by atoms with Gasteiger partial charge in [0.05, 0.1) is 0 Å². The number of hydrogen-bond donors (Lipinski definition) is 3. The number of phenols is 1. The molecule has 22 heavy (non-hydrogen) atoms. The van der Waals surface area contributed by atoms with Crippen molar-refractivity contribution in [1.29, 1.82) is 5.26 Å². The lowest BCUT2D eigenvalue weighted by Crippen LogP contribution is -2.14. The van der Waals surface area contributed by atoms with Crippen LogP contribution in [-0.2, 0) is 4.79 Å². The first kappa shape index (κ1) is 15.6. The van der Waals surface area contributed by atoms with Crippen LogP contribution in [-0.4, -0.2) is 11.0 Å². The van der Waals surface area contributed by atoms with Crippen molar-refractivity contribution >= 4 is 33.2 Å². The predicted octanol–water partition coefficient (Wildman–Crippen LogP) is 3.61. The highest BCUT2D eigenvalue weighted by atomic mass is 79.9. The summed E-state index contributed by atoms with van der Waals surface area (Å²) in [6, 6.07) is 15.3. The predicted molar refractivity (Wildman–Crippen MR) is 88.2 cm³/mol. The number of nitriles is 1. The fraction of sp³-hybridized carbons (Fsp3) is 0. The highest BCUT2D eigenvalue weighted by Gasteiger charge is 2.09. The molecule has 2 rings (SSSR count). The Morgan fingerprint density at radius 3 is 2.59 bits per heavy atom. The van der Waals surface area contributed by atoms with Gasteiger partial charge in [-0.1, -0.05) is 28.1 Å². The lowest BCUT2D eigenvalue weighted by atomic mass is 10.2. The van der Waals surface area contributed by atoms with Crippen LogP contribution in [0.25, 0.3) is 0 Å². The monoisotopic (exact) mass is 357 g/mol. The molecule has 0 spiro atoms. The largest absolute Gasteiger partial charge is 0.508 e. The van der Waals surface area contributed by atoms with Gasteiger partial charge in [0.2, 0.25) is 0 Å². The van der Waals surface area contributed by atoms with E-state index >= 15 is 0 Å². The Kier molecular flexibility index (Phi) is 5.17. The van der Waals surface area contributed by atoms with E-state index in [1.54, 1.807) is 12.1 Å². The Morgan fingerprint density at radius 2 is 1.91 bits per heavy atom. The van der Waals surface area contributed by atoms with Crippen LogP contribution in [0.1, 0.15) is 0 Å². The molecule has 0 aliphatic heterocycles. The van der Waals surface area contributed by atoms with E-state index in [1.807, 2.05) is 30.3 Å². The molecule has 0 aromatic heterocycles. The fourth-order valence-corrected chi connectivity index (χ4v) is 2.06. The summed E-state index contributed by atoms with van der Waals surface area (Å²) in [5.74, 6) is -0.525. The summed E-state index contributed by atoms with van der Waals surface area (Å²) in [7, 11) is 0. The maximum Gasteiger partial charge on any atom is 0.267 e. The first-order valence-corrected chi connectivity index (χ1v) is 7.10. The smallest absolute Gasteiger partial charge is 0.267 e. The van der Waals surface area contributed by atoms with E-state index in [0.717, 1.165) is 10.2 Å². The molecule has 0 fully saturated rings. The number of carbonyl (C=O) groups is 1. The molecule has 2 aromatic carbocycles. The second-order valence-corrected chi connectivity index (χ2v) is 5.24. The van der Waals surface area contributed by atoms with Crippen LogP contribution < -0.4 is 10.6 Å². The van der Waals surface area contributed by atoms with Crippen molar-refractivity contribution in [2.24, 2.45) is 0 Å². The van der Waals surface area contributed by atoms with E-state index in [9.17, 15) is 9.90 Å². The number of nitrogens with one attached hydrogen (secondary N) is 2. The lowest BCUT2D eigenvalue weighted by Gasteiger charge is -2.05. The molecule has 0 atom stereocenters. The van der Waals surface area contributed by atoms with E-state index in [-0.39, 0.29) is 11.3 Å². The SMILES string of the molecule is N#C/C(=C/Nc1cccc(Br)c1)C(=O)Nc1cccc(O)c1. The minimum atomic E-state index is -0.560. The highest BCUT2D eigenvalue weighted by Crippen LogP contribution is 2.17. The molecule has 0 aliphatic carbocycles. The number of benzene rings is 2. The number of carbonyl (C=O) groups excluding carboxylic acids is 1. The molecule has 0 bridgehead atoms. The van der Waals surface area contributed by atoms with Crippen molar-refractivity contribution in [3.8, 4) is 11.8 Å². The van der Waals surface area contributed by atoms with Crippen LogP contribution >= 0.6 is 15.9 Å². The molecule has 5 nitrogen and oxygen atoms in total. The van der Waals surface area contributed by atoms with Crippen molar-refractivity contribution in [1.82, 2.24) is 0 Å². The average Bonchev–Trinajstić information content (AvgIpc) is 2.48. The second-order valence-electron chi connectivity index (χ2n) is 4.33. The van der Waals surface area contributed by atoms with Gasteiger partial charge in [0.1, 0.15) is 17.4 Å². The van der Waals surface area contributed by atoms with Gasteiger partial charge in [-0.15, -0.1) is 0 Å². The molecule has 2 aromatic rings. The Bertz CT molecular complexity index is 766. The standard InChI is InChI=1S/C16H12BrN3O2/c17-12-3-1-4-13(7-12)19-10-11(9-18)16(22)20-14-5-2-6-15(21)8-14/h1-8,10,19,21H,(H,20,22)/b11-10-. The molecule has 110 valence electrons. The molecular weight excluding hydrogens is 346 g/mol. The molecule has 0 unspecified atom stereocenters. The van der Waals surface area contributed by atoms with E-state index in [4.69, 9.17) is 5.26 Å². The first-order chi connectivity index (χ1) is 10.6. The molecule has 0 heterocycles. The molecule has 0 saturated carbocycles. The minimum Gasteiger partial charge on any atom is -0.508 e. The number of phenolic OH excluding ortho intramolecular Hbond substituents is 1. The third-order valence-corrected chi connectivity index (χ3v) is 3.17. The van der Waals surface area contributed by atoms with Crippen molar-refractivity contribution < 1.29 is 9.90 Å². The topological polar surface area (TPSA) is 85.2 Å². The van der Waals surface area contributed by atoms with Gasteiger partial charge >= 0.3 is 0 Å². The number of aromatic hydroxyl groups is 1. The lowest BCUT2D eigenvalue weighted by molar-refractivity contribution is -0.112. The molecular formula is C16H12BrN3O2. The maximum absolute atomic E-state index is 12.0. The van der Waals surface area contributed by atoms with Gasteiger partial charge in [-0.05, 0) is 30.3 Å². The van der Waals surface area contributed by atoms with Gasteiger partial charge in [-0.2, -0.15) is 5.26 Å². The summed E-state index contributed by atoms with van der Waals surface area (Å²) < 4.78 is 0.883. The molecule has 1 amide bonds. The Balaban J connectivity index is 2.09. The van der Waals surface area contributed by atoms with Crippen LogP contribution in [0, 0.1) is 11.3 Å². The fourth-order valence-electron chi connectivity index (χ4n) is 1.66. The normalized spacial score (nSPS) is 10.6. The minimum absolute atomic E-state index is 0.0348. The van der Waals surface area contributed by atoms with Crippen molar-refractivity contribution in [2.45, 2.75) is 0 Å². The van der Waals surface area contributed by atoms with E-state index < -0.39 is 5.91 Å². The Labute approximate surface area is 136 Å². The van der Waals surface area contributed by atoms with E-state index in [0.29, 0.717) is 5.69 Å². The van der Waals surface area contributed by atoms with Crippen LogP contribution in [0.15, 0.2) is 64.8 Å². The summed E-state index contributed by atoms with van der Waals surface area (Å²) in [6.45, 7) is 0. The first-order valence-electron chi connectivity index (χ1n) is 6.31. The molecule has 0 aliphatic rings.